The largest absolute Gasteiger partial charge is 0.393 e. The molecule has 3 N–H and O–H groups in total. The number of hydrogen-bond acceptors (Lipinski definition) is 4. The summed E-state index contributed by atoms with van der Waals surface area (Å²) in [7, 11) is 1.56. The molecule has 2 atom stereocenters. The number of rotatable bonds is 8. The fraction of sp³-hybridized carbons (Fsp3) is 1.00. The lowest BCUT2D eigenvalue weighted by atomic mass is 10.2. The molecule has 2 unspecified atom stereocenters. The molecule has 0 rings (SSSR count). The first-order chi connectivity index (χ1) is 6.20. The Labute approximate surface area is 79.9 Å². The first-order valence-corrected chi connectivity index (χ1v) is 4.76. The van der Waals surface area contributed by atoms with E-state index in [9.17, 15) is 10.2 Å². The molecule has 0 radical (unpaired) electrons. The average molecular weight is 191 g/mol. The predicted octanol–water partition coefficient (Wildman–Crippen LogP) is -0.256. The molecule has 0 saturated carbocycles. The molecular formula is C9H21NO3. The minimum absolute atomic E-state index is 0.230. The molecule has 0 spiro atoms. The van der Waals surface area contributed by atoms with Gasteiger partial charge in [-0.3, -0.25) is 0 Å². The van der Waals surface area contributed by atoms with Crippen LogP contribution in [0.2, 0.25) is 0 Å². The summed E-state index contributed by atoms with van der Waals surface area (Å²) in [5.41, 5.74) is 0. The van der Waals surface area contributed by atoms with Gasteiger partial charge >= 0.3 is 0 Å². The summed E-state index contributed by atoms with van der Waals surface area (Å²) >= 11 is 0. The van der Waals surface area contributed by atoms with E-state index in [-0.39, 0.29) is 6.10 Å². The summed E-state index contributed by atoms with van der Waals surface area (Å²) < 4.78 is 4.76. The van der Waals surface area contributed by atoms with Gasteiger partial charge in [0.25, 0.3) is 0 Å². The van der Waals surface area contributed by atoms with Crippen LogP contribution in [0.3, 0.4) is 0 Å². The quantitative estimate of drug-likeness (QED) is 0.463. The highest BCUT2D eigenvalue weighted by Crippen LogP contribution is 1.94. The summed E-state index contributed by atoms with van der Waals surface area (Å²) in [6, 6.07) is 0. The van der Waals surface area contributed by atoms with Crippen LogP contribution in [0.1, 0.15) is 19.8 Å². The number of methoxy groups -OCH3 is 1. The van der Waals surface area contributed by atoms with Gasteiger partial charge in [0.05, 0.1) is 18.8 Å². The van der Waals surface area contributed by atoms with Gasteiger partial charge in [-0.25, -0.2) is 0 Å². The van der Waals surface area contributed by atoms with E-state index in [2.05, 4.69) is 5.32 Å². The standard InChI is InChI=1S/C9H21NO3/c1-3-8(11)4-5-10-6-9(12)7-13-2/h8-12H,3-7H2,1-2H3. The summed E-state index contributed by atoms with van der Waals surface area (Å²) in [5, 5.41) is 21.5. The van der Waals surface area contributed by atoms with Crippen LogP contribution in [0, 0.1) is 0 Å². The zero-order valence-electron chi connectivity index (χ0n) is 8.49. The molecule has 0 aromatic heterocycles. The summed E-state index contributed by atoms with van der Waals surface area (Å²) in [6.45, 7) is 3.55. The van der Waals surface area contributed by atoms with Crippen molar-refractivity contribution in [1.82, 2.24) is 5.32 Å². The van der Waals surface area contributed by atoms with E-state index in [1.54, 1.807) is 7.11 Å². The summed E-state index contributed by atoms with van der Waals surface area (Å²) in [5.74, 6) is 0. The minimum atomic E-state index is -0.455. The normalized spacial score (nSPS) is 15.7. The first kappa shape index (κ1) is 12.8. The molecule has 0 aliphatic carbocycles. The van der Waals surface area contributed by atoms with Gasteiger partial charge in [0.2, 0.25) is 0 Å². The topological polar surface area (TPSA) is 61.7 Å². The molecule has 13 heavy (non-hydrogen) atoms. The van der Waals surface area contributed by atoms with Crippen LogP contribution >= 0.6 is 0 Å². The highest BCUT2D eigenvalue weighted by molar-refractivity contribution is 4.60. The second kappa shape index (κ2) is 8.44. The fourth-order valence-corrected chi connectivity index (χ4v) is 0.993. The third kappa shape index (κ3) is 8.18. The molecule has 0 saturated heterocycles. The smallest absolute Gasteiger partial charge is 0.0897 e. The summed E-state index contributed by atoms with van der Waals surface area (Å²) in [6.07, 6.45) is 0.828. The van der Waals surface area contributed by atoms with Crippen LogP contribution in [0.5, 0.6) is 0 Å². The minimum Gasteiger partial charge on any atom is -0.393 e. The lowest BCUT2D eigenvalue weighted by Crippen LogP contribution is -2.31. The van der Waals surface area contributed by atoms with Crippen LogP contribution in [-0.2, 0) is 4.74 Å². The van der Waals surface area contributed by atoms with Crippen molar-refractivity contribution in [3.63, 3.8) is 0 Å². The highest BCUT2D eigenvalue weighted by atomic mass is 16.5. The van der Waals surface area contributed by atoms with E-state index in [1.807, 2.05) is 6.92 Å². The van der Waals surface area contributed by atoms with E-state index in [0.29, 0.717) is 13.2 Å². The van der Waals surface area contributed by atoms with Crippen molar-refractivity contribution in [2.45, 2.75) is 32.0 Å². The van der Waals surface area contributed by atoms with Crippen LogP contribution in [0.15, 0.2) is 0 Å². The molecule has 0 bridgehead atoms. The van der Waals surface area contributed by atoms with Gasteiger partial charge in [-0.05, 0) is 19.4 Å². The van der Waals surface area contributed by atoms with Crippen molar-refractivity contribution >= 4 is 0 Å². The van der Waals surface area contributed by atoms with Gasteiger partial charge in [-0.1, -0.05) is 6.92 Å². The van der Waals surface area contributed by atoms with E-state index in [0.717, 1.165) is 19.4 Å². The molecule has 4 heteroatoms. The van der Waals surface area contributed by atoms with Crippen LogP contribution in [-0.4, -0.2) is 49.2 Å². The molecule has 0 aromatic carbocycles. The molecule has 0 aliphatic rings. The monoisotopic (exact) mass is 191 g/mol. The molecule has 0 aromatic rings. The number of aliphatic hydroxyl groups is 2. The molecule has 4 nitrogen and oxygen atoms in total. The van der Waals surface area contributed by atoms with Gasteiger partial charge in [-0.2, -0.15) is 0 Å². The van der Waals surface area contributed by atoms with Crippen molar-refractivity contribution in [3.8, 4) is 0 Å². The third-order valence-electron chi connectivity index (χ3n) is 1.86. The number of ether oxygens (including phenoxy) is 1. The second-order valence-corrected chi connectivity index (χ2v) is 3.16. The first-order valence-electron chi connectivity index (χ1n) is 4.76. The zero-order chi connectivity index (χ0) is 10.1. The van der Waals surface area contributed by atoms with Crippen LogP contribution < -0.4 is 5.32 Å². The van der Waals surface area contributed by atoms with Crippen molar-refractivity contribution < 1.29 is 14.9 Å². The SMILES string of the molecule is CCC(O)CCNCC(O)COC. The third-order valence-corrected chi connectivity index (χ3v) is 1.86. The van der Waals surface area contributed by atoms with E-state index in [1.165, 1.54) is 0 Å². The zero-order valence-corrected chi connectivity index (χ0v) is 8.49. The molecule has 80 valence electrons. The van der Waals surface area contributed by atoms with Crippen LogP contribution in [0.25, 0.3) is 0 Å². The maximum atomic E-state index is 9.22. The lowest BCUT2D eigenvalue weighted by molar-refractivity contribution is 0.0637. The van der Waals surface area contributed by atoms with Crippen molar-refractivity contribution in [2.24, 2.45) is 0 Å². The average Bonchev–Trinajstić information content (AvgIpc) is 2.12. The number of hydrogen-bond donors (Lipinski definition) is 3. The molecule has 0 heterocycles. The van der Waals surface area contributed by atoms with E-state index >= 15 is 0 Å². The number of nitrogens with one attached hydrogen (secondary N) is 1. The van der Waals surface area contributed by atoms with Crippen molar-refractivity contribution in [1.29, 1.82) is 0 Å². The number of aliphatic hydroxyl groups excluding tert-OH is 2. The Hall–Kier alpha value is -0.160. The lowest BCUT2D eigenvalue weighted by Gasteiger charge is -2.12. The molecule has 0 fully saturated rings. The van der Waals surface area contributed by atoms with Gasteiger partial charge in [0, 0.05) is 13.7 Å². The van der Waals surface area contributed by atoms with E-state index in [4.69, 9.17) is 4.74 Å². The summed E-state index contributed by atoms with van der Waals surface area (Å²) in [4.78, 5) is 0. The molecule has 0 aliphatic heterocycles. The van der Waals surface area contributed by atoms with Gasteiger partial charge in [-0.15, -0.1) is 0 Å². The van der Waals surface area contributed by atoms with Gasteiger partial charge in [0.15, 0.2) is 0 Å². The Kier molecular flexibility index (Phi) is 8.33. The Balaban J connectivity index is 3.15. The maximum absolute atomic E-state index is 9.22. The van der Waals surface area contributed by atoms with E-state index < -0.39 is 6.10 Å². The van der Waals surface area contributed by atoms with Crippen molar-refractivity contribution in [3.05, 3.63) is 0 Å². The Bertz CT molecular complexity index is 111. The van der Waals surface area contributed by atoms with Crippen molar-refractivity contribution in [2.75, 3.05) is 26.8 Å². The van der Waals surface area contributed by atoms with Gasteiger partial charge in [0.1, 0.15) is 0 Å². The Morgan fingerprint density at radius 3 is 2.54 bits per heavy atom. The fourth-order valence-electron chi connectivity index (χ4n) is 0.993. The maximum Gasteiger partial charge on any atom is 0.0897 e. The Morgan fingerprint density at radius 1 is 1.31 bits per heavy atom. The second-order valence-electron chi connectivity index (χ2n) is 3.16. The predicted molar refractivity (Wildman–Crippen MR) is 51.7 cm³/mol. The van der Waals surface area contributed by atoms with Crippen LogP contribution in [0.4, 0.5) is 0 Å². The molecular weight excluding hydrogens is 170 g/mol. The molecule has 0 amide bonds. The Morgan fingerprint density at radius 2 is 2.00 bits per heavy atom. The highest BCUT2D eigenvalue weighted by Gasteiger charge is 2.03. The van der Waals surface area contributed by atoms with Gasteiger partial charge < -0.3 is 20.3 Å².